The maximum Gasteiger partial charge on any atom is 0.257 e. The lowest BCUT2D eigenvalue weighted by Gasteiger charge is -2.23. The smallest absolute Gasteiger partial charge is 0.257 e. The molecule has 2 aromatic rings. The zero-order valence-electron chi connectivity index (χ0n) is 15.2. The minimum atomic E-state index is -0.220. The molecule has 2 heterocycles. The van der Waals surface area contributed by atoms with E-state index in [1.807, 2.05) is 47.1 Å². The Kier molecular flexibility index (Phi) is 4.89. The fourth-order valence-corrected chi connectivity index (χ4v) is 3.28. The van der Waals surface area contributed by atoms with Crippen molar-refractivity contribution in [3.63, 3.8) is 0 Å². The highest BCUT2D eigenvalue weighted by atomic mass is 35.5. The Morgan fingerprint density at radius 2 is 2.08 bits per heavy atom. The number of nitrogens with one attached hydrogen (secondary N) is 1. The summed E-state index contributed by atoms with van der Waals surface area (Å²) in [4.78, 5) is 15.0. The maximum atomic E-state index is 13.2. The van der Waals surface area contributed by atoms with Crippen molar-refractivity contribution in [2.24, 2.45) is 0 Å². The third-order valence-electron chi connectivity index (χ3n) is 4.66. The normalized spacial score (nSPS) is 17.7. The molecule has 134 valence electrons. The molecule has 1 unspecified atom stereocenters. The largest absolute Gasteiger partial charge is 0.337 e. The second kappa shape index (κ2) is 6.81. The molecule has 1 aliphatic rings. The topological polar surface area (TPSA) is 50.2 Å². The SMILES string of the molecule is CN(C(=O)c1cn(C(C)(C)C)nc1-c1ccccc1Cl)C1CCNC1. The van der Waals surface area contributed by atoms with Gasteiger partial charge in [-0.25, -0.2) is 0 Å². The van der Waals surface area contributed by atoms with E-state index in [-0.39, 0.29) is 17.5 Å². The van der Waals surface area contributed by atoms with Gasteiger partial charge in [-0.05, 0) is 39.8 Å². The Morgan fingerprint density at radius 3 is 2.68 bits per heavy atom. The first-order valence-corrected chi connectivity index (χ1v) is 9.00. The van der Waals surface area contributed by atoms with Crippen molar-refractivity contribution in [1.82, 2.24) is 20.0 Å². The van der Waals surface area contributed by atoms with E-state index in [9.17, 15) is 4.79 Å². The number of carbonyl (C=O) groups is 1. The highest BCUT2D eigenvalue weighted by Gasteiger charge is 2.29. The number of halogens is 1. The lowest BCUT2D eigenvalue weighted by atomic mass is 10.1. The van der Waals surface area contributed by atoms with Crippen LogP contribution in [0.25, 0.3) is 11.3 Å². The van der Waals surface area contributed by atoms with Gasteiger partial charge in [0.05, 0.1) is 16.1 Å². The number of hydrogen-bond acceptors (Lipinski definition) is 3. The van der Waals surface area contributed by atoms with E-state index in [1.54, 1.807) is 0 Å². The van der Waals surface area contributed by atoms with Crippen molar-refractivity contribution in [3.05, 3.63) is 41.0 Å². The minimum absolute atomic E-state index is 0.0147. The minimum Gasteiger partial charge on any atom is -0.337 e. The zero-order valence-corrected chi connectivity index (χ0v) is 16.0. The van der Waals surface area contributed by atoms with Gasteiger partial charge in [-0.3, -0.25) is 9.48 Å². The van der Waals surface area contributed by atoms with E-state index >= 15 is 0 Å². The summed E-state index contributed by atoms with van der Waals surface area (Å²) in [5.74, 6) is -0.0147. The predicted molar refractivity (Wildman–Crippen MR) is 101 cm³/mol. The molecule has 6 heteroatoms. The van der Waals surface area contributed by atoms with E-state index in [1.165, 1.54) is 0 Å². The van der Waals surface area contributed by atoms with Gasteiger partial charge in [-0.15, -0.1) is 0 Å². The van der Waals surface area contributed by atoms with Gasteiger partial charge in [0.1, 0.15) is 5.69 Å². The van der Waals surface area contributed by atoms with E-state index in [2.05, 4.69) is 26.1 Å². The van der Waals surface area contributed by atoms with Crippen molar-refractivity contribution in [2.75, 3.05) is 20.1 Å². The summed E-state index contributed by atoms with van der Waals surface area (Å²) in [7, 11) is 1.87. The average molecular weight is 361 g/mol. The van der Waals surface area contributed by atoms with Gasteiger partial charge in [0, 0.05) is 31.4 Å². The first-order valence-electron chi connectivity index (χ1n) is 8.62. The number of amides is 1. The van der Waals surface area contributed by atoms with Gasteiger partial charge in [-0.1, -0.05) is 29.8 Å². The second-order valence-electron chi connectivity index (χ2n) is 7.55. The number of aromatic nitrogens is 2. The Hall–Kier alpha value is -1.85. The second-order valence-corrected chi connectivity index (χ2v) is 7.96. The number of carbonyl (C=O) groups excluding carboxylic acids is 1. The van der Waals surface area contributed by atoms with Crippen LogP contribution in [0.3, 0.4) is 0 Å². The molecule has 1 aromatic carbocycles. The van der Waals surface area contributed by atoms with E-state index in [0.29, 0.717) is 16.3 Å². The molecule has 1 amide bonds. The standard InChI is InChI=1S/C19H25ClN4O/c1-19(2,3)24-12-15(18(25)23(4)13-9-10-21-11-13)17(22-24)14-7-5-6-8-16(14)20/h5-8,12-13,21H,9-11H2,1-4H3. The van der Waals surface area contributed by atoms with E-state index in [4.69, 9.17) is 16.7 Å². The maximum absolute atomic E-state index is 13.2. The quantitative estimate of drug-likeness (QED) is 0.912. The van der Waals surface area contributed by atoms with Gasteiger partial charge in [0.2, 0.25) is 0 Å². The van der Waals surface area contributed by atoms with Gasteiger partial charge >= 0.3 is 0 Å². The molecule has 25 heavy (non-hydrogen) atoms. The van der Waals surface area contributed by atoms with E-state index in [0.717, 1.165) is 25.1 Å². The van der Waals surface area contributed by atoms with E-state index < -0.39 is 0 Å². The highest BCUT2D eigenvalue weighted by Crippen LogP contribution is 2.31. The monoisotopic (exact) mass is 360 g/mol. The number of likely N-dealkylation sites (N-methyl/N-ethyl adjacent to an activating group) is 1. The number of hydrogen-bond donors (Lipinski definition) is 1. The zero-order chi connectivity index (χ0) is 18.2. The molecule has 5 nitrogen and oxygen atoms in total. The van der Waals surface area contributed by atoms with Crippen molar-refractivity contribution in [3.8, 4) is 11.3 Å². The Morgan fingerprint density at radius 1 is 1.36 bits per heavy atom. The third kappa shape index (κ3) is 3.58. The van der Waals surface area contributed by atoms with Crippen molar-refractivity contribution in [1.29, 1.82) is 0 Å². The van der Waals surface area contributed by atoms with Crippen LogP contribution < -0.4 is 5.32 Å². The lowest BCUT2D eigenvalue weighted by molar-refractivity contribution is 0.0744. The first-order chi connectivity index (χ1) is 11.8. The third-order valence-corrected chi connectivity index (χ3v) is 4.99. The molecule has 1 saturated heterocycles. The van der Waals surface area contributed by atoms with Gasteiger partial charge < -0.3 is 10.2 Å². The van der Waals surface area contributed by atoms with Crippen LogP contribution in [0.4, 0.5) is 0 Å². The Bertz CT molecular complexity index is 772. The molecule has 1 aliphatic heterocycles. The van der Waals surface area contributed by atoms with Crippen LogP contribution in [-0.4, -0.2) is 46.8 Å². The average Bonchev–Trinajstić information content (AvgIpc) is 3.23. The highest BCUT2D eigenvalue weighted by molar-refractivity contribution is 6.33. The Balaban J connectivity index is 2.06. The molecule has 1 aromatic heterocycles. The van der Waals surface area contributed by atoms with Crippen LogP contribution in [0.15, 0.2) is 30.5 Å². The lowest BCUT2D eigenvalue weighted by Crippen LogP contribution is -2.38. The van der Waals surface area contributed by atoms with Crippen molar-refractivity contribution >= 4 is 17.5 Å². The van der Waals surface area contributed by atoms with Crippen LogP contribution in [0.2, 0.25) is 5.02 Å². The number of benzene rings is 1. The molecule has 0 saturated carbocycles. The molecule has 0 bridgehead atoms. The van der Waals surface area contributed by atoms with Crippen molar-refractivity contribution < 1.29 is 4.79 Å². The van der Waals surface area contributed by atoms with Gasteiger partial charge in [-0.2, -0.15) is 5.10 Å². The molecule has 0 spiro atoms. The molecular weight excluding hydrogens is 336 g/mol. The molecular formula is C19H25ClN4O. The molecule has 1 fully saturated rings. The summed E-state index contributed by atoms with van der Waals surface area (Å²) in [6.07, 6.45) is 2.82. The summed E-state index contributed by atoms with van der Waals surface area (Å²) >= 11 is 6.38. The fourth-order valence-electron chi connectivity index (χ4n) is 3.05. The summed E-state index contributed by atoms with van der Waals surface area (Å²) in [5.41, 5.74) is 1.80. The van der Waals surface area contributed by atoms with Crippen LogP contribution >= 0.6 is 11.6 Å². The molecule has 3 rings (SSSR count). The van der Waals surface area contributed by atoms with Gasteiger partial charge in [0.15, 0.2) is 0 Å². The van der Waals surface area contributed by atoms with Gasteiger partial charge in [0.25, 0.3) is 5.91 Å². The number of nitrogens with zero attached hydrogens (tertiary/aromatic N) is 3. The molecule has 0 radical (unpaired) electrons. The Labute approximate surface area is 154 Å². The number of rotatable bonds is 3. The predicted octanol–water partition coefficient (Wildman–Crippen LogP) is 3.39. The molecule has 0 aliphatic carbocycles. The van der Waals surface area contributed by atoms with Crippen molar-refractivity contribution in [2.45, 2.75) is 38.8 Å². The first kappa shape index (κ1) is 18.0. The summed E-state index contributed by atoms with van der Waals surface area (Å²) < 4.78 is 1.85. The van der Waals surface area contributed by atoms with Crippen LogP contribution in [0.5, 0.6) is 0 Å². The summed E-state index contributed by atoms with van der Waals surface area (Å²) in [6, 6.07) is 7.74. The summed E-state index contributed by atoms with van der Waals surface area (Å²) in [5, 5.41) is 8.62. The van der Waals surface area contributed by atoms with Crippen LogP contribution in [0.1, 0.15) is 37.6 Å². The molecule has 1 atom stereocenters. The molecule has 1 N–H and O–H groups in total. The van der Waals surface area contributed by atoms with Crippen LogP contribution in [-0.2, 0) is 5.54 Å². The summed E-state index contributed by atoms with van der Waals surface area (Å²) in [6.45, 7) is 7.97. The van der Waals surface area contributed by atoms with Crippen LogP contribution in [0, 0.1) is 0 Å². The fraction of sp³-hybridized carbons (Fsp3) is 0.474.